The van der Waals surface area contributed by atoms with E-state index in [-0.39, 0.29) is 0 Å². The summed E-state index contributed by atoms with van der Waals surface area (Å²) in [7, 11) is 0. The zero-order chi connectivity index (χ0) is 8.32. The first kappa shape index (κ1) is 8.79. The van der Waals surface area contributed by atoms with Crippen molar-refractivity contribution in [2.45, 2.75) is 44.6 Å². The molecule has 1 heteroatoms. The van der Waals surface area contributed by atoms with E-state index in [1.807, 2.05) is 0 Å². The van der Waals surface area contributed by atoms with Crippen LogP contribution in [0.4, 0.5) is 0 Å². The highest BCUT2D eigenvalue weighted by atomic mass is 16.3. The van der Waals surface area contributed by atoms with Crippen molar-refractivity contribution in [1.82, 2.24) is 0 Å². The Morgan fingerprint density at radius 1 is 1.64 bits per heavy atom. The van der Waals surface area contributed by atoms with Crippen molar-refractivity contribution in [3.63, 3.8) is 0 Å². The van der Waals surface area contributed by atoms with E-state index in [1.165, 1.54) is 19.3 Å². The van der Waals surface area contributed by atoms with Crippen LogP contribution in [-0.4, -0.2) is 10.7 Å². The number of hydrogen-bond donors (Lipinski definition) is 1. The Balaban J connectivity index is 2.49. The lowest BCUT2D eigenvalue weighted by atomic mass is 9.71. The average Bonchev–Trinajstić information content (AvgIpc) is 1.84. The molecule has 11 heavy (non-hydrogen) atoms. The van der Waals surface area contributed by atoms with Crippen LogP contribution >= 0.6 is 0 Å². The van der Waals surface area contributed by atoms with Crippen molar-refractivity contribution in [3.8, 4) is 0 Å². The van der Waals surface area contributed by atoms with Crippen molar-refractivity contribution >= 4 is 0 Å². The normalized spacial score (nSPS) is 23.8. The van der Waals surface area contributed by atoms with E-state index >= 15 is 0 Å². The fraction of sp³-hybridized carbons (Fsp3) is 0.800. The molecular formula is C10H18O. The molecular weight excluding hydrogens is 136 g/mol. The van der Waals surface area contributed by atoms with Crippen molar-refractivity contribution < 1.29 is 5.11 Å². The summed E-state index contributed by atoms with van der Waals surface area (Å²) in [6, 6.07) is 0. The molecule has 0 aromatic heterocycles. The molecule has 1 fully saturated rings. The van der Waals surface area contributed by atoms with Crippen LogP contribution < -0.4 is 0 Å². The van der Waals surface area contributed by atoms with Gasteiger partial charge in [0.25, 0.3) is 0 Å². The van der Waals surface area contributed by atoms with E-state index in [9.17, 15) is 5.11 Å². The number of aliphatic hydroxyl groups is 1. The van der Waals surface area contributed by atoms with Gasteiger partial charge in [-0.05, 0) is 25.2 Å². The smallest absolute Gasteiger partial charge is 0.0853 e. The summed E-state index contributed by atoms with van der Waals surface area (Å²) in [5.41, 5.74) is -0.549. The number of hydrogen-bond acceptors (Lipinski definition) is 1. The van der Waals surface area contributed by atoms with Gasteiger partial charge >= 0.3 is 0 Å². The molecule has 0 aliphatic heterocycles. The Kier molecular flexibility index (Phi) is 2.72. The predicted octanol–water partition coefficient (Wildman–Crippen LogP) is 2.50. The van der Waals surface area contributed by atoms with Gasteiger partial charge in [-0.25, -0.2) is 0 Å². The van der Waals surface area contributed by atoms with Crippen LogP contribution in [0, 0.1) is 5.92 Å². The third-order valence-corrected chi connectivity index (χ3v) is 2.82. The molecule has 1 atom stereocenters. The monoisotopic (exact) mass is 154 g/mol. The van der Waals surface area contributed by atoms with Gasteiger partial charge in [-0.1, -0.05) is 25.8 Å². The van der Waals surface area contributed by atoms with Crippen LogP contribution in [0.25, 0.3) is 0 Å². The molecule has 1 aliphatic rings. The molecule has 1 aliphatic carbocycles. The second-order valence-corrected chi connectivity index (χ2v) is 3.57. The predicted molar refractivity (Wildman–Crippen MR) is 47.4 cm³/mol. The van der Waals surface area contributed by atoms with Crippen LogP contribution in [0.5, 0.6) is 0 Å². The topological polar surface area (TPSA) is 20.2 Å². The van der Waals surface area contributed by atoms with Gasteiger partial charge in [0.05, 0.1) is 5.60 Å². The van der Waals surface area contributed by atoms with Crippen LogP contribution in [-0.2, 0) is 0 Å². The first-order valence-corrected chi connectivity index (χ1v) is 4.59. The van der Waals surface area contributed by atoms with Gasteiger partial charge < -0.3 is 5.11 Å². The SMILES string of the molecule is C=CC(O)(CCC)C1CCC1. The van der Waals surface area contributed by atoms with Crippen LogP contribution in [0.3, 0.4) is 0 Å². The van der Waals surface area contributed by atoms with Crippen LogP contribution in [0.2, 0.25) is 0 Å². The quantitative estimate of drug-likeness (QED) is 0.617. The van der Waals surface area contributed by atoms with Crippen molar-refractivity contribution in [1.29, 1.82) is 0 Å². The molecule has 0 amide bonds. The Labute approximate surface area is 69.1 Å². The maximum atomic E-state index is 10.0. The minimum atomic E-state index is -0.549. The van der Waals surface area contributed by atoms with Gasteiger partial charge in [0, 0.05) is 0 Å². The van der Waals surface area contributed by atoms with Gasteiger partial charge in [0.2, 0.25) is 0 Å². The highest BCUT2D eigenvalue weighted by Crippen LogP contribution is 2.39. The van der Waals surface area contributed by atoms with Crippen molar-refractivity contribution in [2.75, 3.05) is 0 Å². The van der Waals surface area contributed by atoms with E-state index < -0.39 is 5.60 Å². The highest BCUT2D eigenvalue weighted by molar-refractivity contribution is 5.02. The molecule has 1 unspecified atom stereocenters. The maximum absolute atomic E-state index is 10.0. The molecule has 1 N–H and O–H groups in total. The minimum absolute atomic E-state index is 0.500. The lowest BCUT2D eigenvalue weighted by Gasteiger charge is -2.39. The van der Waals surface area contributed by atoms with Crippen molar-refractivity contribution in [3.05, 3.63) is 12.7 Å². The summed E-state index contributed by atoms with van der Waals surface area (Å²) < 4.78 is 0. The molecule has 1 nitrogen and oxygen atoms in total. The van der Waals surface area contributed by atoms with Gasteiger partial charge in [-0.2, -0.15) is 0 Å². The van der Waals surface area contributed by atoms with Crippen molar-refractivity contribution in [2.24, 2.45) is 5.92 Å². The van der Waals surface area contributed by atoms with E-state index in [4.69, 9.17) is 0 Å². The Hall–Kier alpha value is -0.300. The summed E-state index contributed by atoms with van der Waals surface area (Å²) in [4.78, 5) is 0. The van der Waals surface area contributed by atoms with Gasteiger partial charge in [-0.3, -0.25) is 0 Å². The molecule has 0 aromatic carbocycles. The molecule has 0 radical (unpaired) electrons. The first-order valence-electron chi connectivity index (χ1n) is 4.59. The molecule has 0 aromatic rings. The lowest BCUT2D eigenvalue weighted by Crippen LogP contribution is -2.39. The average molecular weight is 154 g/mol. The zero-order valence-corrected chi connectivity index (χ0v) is 7.34. The molecule has 0 heterocycles. The first-order chi connectivity index (χ1) is 5.23. The Bertz CT molecular complexity index is 138. The van der Waals surface area contributed by atoms with E-state index in [1.54, 1.807) is 6.08 Å². The molecule has 64 valence electrons. The summed E-state index contributed by atoms with van der Waals surface area (Å²) in [5, 5.41) is 10.0. The van der Waals surface area contributed by atoms with Crippen LogP contribution in [0.1, 0.15) is 39.0 Å². The second-order valence-electron chi connectivity index (χ2n) is 3.57. The maximum Gasteiger partial charge on any atom is 0.0853 e. The van der Waals surface area contributed by atoms with Gasteiger partial charge in [-0.15, -0.1) is 6.58 Å². The highest BCUT2D eigenvalue weighted by Gasteiger charge is 2.36. The molecule has 0 saturated heterocycles. The molecule has 1 rings (SSSR count). The zero-order valence-electron chi connectivity index (χ0n) is 7.34. The third-order valence-electron chi connectivity index (χ3n) is 2.82. The number of rotatable bonds is 4. The summed E-state index contributed by atoms with van der Waals surface area (Å²) in [5.74, 6) is 0.500. The minimum Gasteiger partial charge on any atom is -0.386 e. The summed E-state index contributed by atoms with van der Waals surface area (Å²) >= 11 is 0. The van der Waals surface area contributed by atoms with Gasteiger partial charge in [0.15, 0.2) is 0 Å². The standard InChI is InChI=1S/C10H18O/c1-3-8-10(11,4-2)9-6-5-7-9/h4,9,11H,2-3,5-8H2,1H3. The van der Waals surface area contributed by atoms with Gasteiger partial charge in [0.1, 0.15) is 0 Å². The third kappa shape index (κ3) is 1.64. The van der Waals surface area contributed by atoms with E-state index in [0.717, 1.165) is 12.8 Å². The van der Waals surface area contributed by atoms with E-state index in [2.05, 4.69) is 13.5 Å². The van der Waals surface area contributed by atoms with Crippen LogP contribution in [0.15, 0.2) is 12.7 Å². The Morgan fingerprint density at radius 3 is 2.55 bits per heavy atom. The molecule has 1 saturated carbocycles. The summed E-state index contributed by atoms with van der Waals surface area (Å²) in [6.45, 7) is 5.81. The molecule has 0 bridgehead atoms. The van der Waals surface area contributed by atoms with E-state index in [0.29, 0.717) is 5.92 Å². The Morgan fingerprint density at radius 2 is 2.27 bits per heavy atom. The largest absolute Gasteiger partial charge is 0.386 e. The molecule has 0 spiro atoms. The summed E-state index contributed by atoms with van der Waals surface area (Å²) in [6.07, 6.45) is 7.30. The lowest BCUT2D eigenvalue weighted by molar-refractivity contribution is -0.0155. The second kappa shape index (κ2) is 3.40. The fourth-order valence-electron chi connectivity index (χ4n) is 1.78. The fourth-order valence-corrected chi connectivity index (χ4v) is 1.78.